The van der Waals surface area contributed by atoms with Crippen molar-refractivity contribution in [1.29, 1.82) is 0 Å². The summed E-state index contributed by atoms with van der Waals surface area (Å²) >= 11 is 8.38. The van der Waals surface area contributed by atoms with E-state index in [0.717, 1.165) is 12.0 Å². The average Bonchev–Trinajstić information content (AvgIpc) is 2.66. The van der Waals surface area contributed by atoms with Crippen LogP contribution in [0, 0.1) is 19.7 Å². The fourth-order valence-electron chi connectivity index (χ4n) is 2.47. The average molecular weight is 765 g/mol. The molecule has 1 N–H and O–H groups in total. The number of benzene rings is 1. The number of amides is 2. The van der Waals surface area contributed by atoms with Crippen molar-refractivity contribution >= 4 is 108 Å². The molecule has 0 unspecified atom stereocenters. The molecule has 2 rings (SSSR count). The standard InChI is InChI=1S/C14H11I4NO4/c1-14(2,3)10(13(22)23)19-11(20)4-5(12(19)21)7(16)9(18)8(17)6(4)15/h10H,1-3H3,(H,22,23)/t10-/m1/s1. The Morgan fingerprint density at radius 3 is 1.52 bits per heavy atom. The SMILES string of the molecule is CC(C)(C)[C@@H](C(=O)O)N1C(=O)c2c(I)c(I)c(I)c(I)c2C1=O. The Balaban J connectivity index is 2.74. The van der Waals surface area contributed by atoms with Crippen LogP contribution in [0.3, 0.4) is 0 Å². The first-order valence-electron chi connectivity index (χ1n) is 6.37. The lowest BCUT2D eigenvalue weighted by molar-refractivity contribution is -0.145. The zero-order valence-corrected chi connectivity index (χ0v) is 20.8. The van der Waals surface area contributed by atoms with Crippen LogP contribution < -0.4 is 0 Å². The second-order valence-electron chi connectivity index (χ2n) is 6.09. The molecule has 1 heterocycles. The molecule has 1 aromatic rings. The Hall–Kier alpha value is 0.750. The van der Waals surface area contributed by atoms with E-state index in [1.807, 2.05) is 45.2 Å². The van der Waals surface area contributed by atoms with E-state index in [1.165, 1.54) is 0 Å². The van der Waals surface area contributed by atoms with Crippen LogP contribution >= 0.6 is 90.4 Å². The van der Waals surface area contributed by atoms with E-state index in [1.54, 1.807) is 20.8 Å². The summed E-state index contributed by atoms with van der Waals surface area (Å²) in [4.78, 5) is 38.4. The van der Waals surface area contributed by atoms with Gasteiger partial charge in [0, 0.05) is 14.3 Å². The lowest BCUT2D eigenvalue weighted by atomic mass is 9.85. The second kappa shape index (κ2) is 6.81. The lowest BCUT2D eigenvalue weighted by Gasteiger charge is -2.33. The molecular formula is C14H11I4NO4. The van der Waals surface area contributed by atoms with Crippen molar-refractivity contribution in [3.63, 3.8) is 0 Å². The normalized spacial score (nSPS) is 15.9. The number of carboxylic acids is 1. The van der Waals surface area contributed by atoms with Crippen molar-refractivity contribution in [2.24, 2.45) is 5.41 Å². The molecule has 0 bridgehead atoms. The van der Waals surface area contributed by atoms with E-state index in [9.17, 15) is 19.5 Å². The van der Waals surface area contributed by atoms with Gasteiger partial charge in [-0.15, -0.1) is 0 Å². The van der Waals surface area contributed by atoms with Crippen LogP contribution in [0.25, 0.3) is 0 Å². The van der Waals surface area contributed by atoms with Gasteiger partial charge < -0.3 is 5.11 Å². The highest BCUT2D eigenvalue weighted by molar-refractivity contribution is 14.1. The monoisotopic (exact) mass is 765 g/mol. The maximum atomic E-state index is 12.9. The summed E-state index contributed by atoms with van der Waals surface area (Å²) in [6.07, 6.45) is 0. The van der Waals surface area contributed by atoms with Crippen molar-refractivity contribution in [2.75, 3.05) is 0 Å². The fourth-order valence-corrected chi connectivity index (χ4v) is 6.12. The molecule has 0 spiro atoms. The summed E-state index contributed by atoms with van der Waals surface area (Å²) in [6.45, 7) is 5.12. The fraction of sp³-hybridized carbons (Fsp3) is 0.357. The number of aliphatic carboxylic acids is 1. The molecule has 0 aliphatic carbocycles. The number of hydrogen-bond donors (Lipinski definition) is 1. The molecular weight excluding hydrogens is 754 g/mol. The topological polar surface area (TPSA) is 74.7 Å². The van der Waals surface area contributed by atoms with Crippen molar-refractivity contribution in [3.05, 3.63) is 25.4 Å². The minimum atomic E-state index is -1.21. The Bertz CT molecular complexity index is 707. The number of carbonyl (C=O) groups is 3. The summed E-state index contributed by atoms with van der Waals surface area (Å²) < 4.78 is 3.19. The smallest absolute Gasteiger partial charge is 0.327 e. The summed E-state index contributed by atoms with van der Waals surface area (Å²) in [5, 5.41) is 9.58. The lowest BCUT2D eigenvalue weighted by Crippen LogP contribution is -2.52. The minimum Gasteiger partial charge on any atom is -0.480 e. The van der Waals surface area contributed by atoms with Crippen LogP contribution in [0.2, 0.25) is 0 Å². The number of hydrogen-bond acceptors (Lipinski definition) is 3. The minimum absolute atomic E-state index is 0.320. The summed E-state index contributed by atoms with van der Waals surface area (Å²) in [6, 6.07) is -1.21. The first kappa shape index (κ1) is 20.1. The summed E-state index contributed by atoms with van der Waals surface area (Å²) in [5.74, 6) is -2.23. The van der Waals surface area contributed by atoms with E-state index in [2.05, 4.69) is 45.2 Å². The van der Waals surface area contributed by atoms with Crippen molar-refractivity contribution < 1.29 is 19.5 Å². The molecule has 23 heavy (non-hydrogen) atoms. The van der Waals surface area contributed by atoms with Crippen molar-refractivity contribution in [1.82, 2.24) is 4.90 Å². The van der Waals surface area contributed by atoms with Gasteiger partial charge in [-0.2, -0.15) is 0 Å². The zero-order valence-electron chi connectivity index (χ0n) is 12.2. The van der Waals surface area contributed by atoms with E-state index in [-0.39, 0.29) is 0 Å². The Morgan fingerprint density at radius 2 is 1.26 bits per heavy atom. The van der Waals surface area contributed by atoms with Crippen molar-refractivity contribution in [2.45, 2.75) is 26.8 Å². The first-order chi connectivity index (χ1) is 10.4. The molecule has 1 aromatic carbocycles. The third kappa shape index (κ3) is 3.27. The van der Waals surface area contributed by atoms with Crippen LogP contribution in [0.1, 0.15) is 41.5 Å². The van der Waals surface area contributed by atoms with Gasteiger partial charge in [-0.1, -0.05) is 20.8 Å². The number of nitrogens with zero attached hydrogens (tertiary/aromatic N) is 1. The molecule has 0 fully saturated rings. The largest absolute Gasteiger partial charge is 0.480 e. The van der Waals surface area contributed by atoms with Gasteiger partial charge in [-0.25, -0.2) is 4.79 Å². The van der Waals surface area contributed by atoms with Gasteiger partial charge in [0.25, 0.3) is 11.8 Å². The molecule has 9 heteroatoms. The van der Waals surface area contributed by atoms with Crippen molar-refractivity contribution in [3.8, 4) is 0 Å². The number of carbonyl (C=O) groups excluding carboxylic acids is 2. The molecule has 1 aliphatic rings. The third-order valence-electron chi connectivity index (χ3n) is 3.44. The van der Waals surface area contributed by atoms with Crippen LogP contribution in [0.5, 0.6) is 0 Å². The molecule has 124 valence electrons. The van der Waals surface area contributed by atoms with Gasteiger partial charge in [0.1, 0.15) is 6.04 Å². The Kier molecular flexibility index (Phi) is 5.94. The molecule has 1 atom stereocenters. The van der Waals surface area contributed by atoms with Gasteiger partial charge in [0.15, 0.2) is 0 Å². The van der Waals surface area contributed by atoms with Crippen LogP contribution in [-0.4, -0.2) is 33.8 Å². The predicted molar refractivity (Wildman–Crippen MR) is 119 cm³/mol. The number of halogens is 4. The molecule has 0 radical (unpaired) electrons. The number of fused-ring (bicyclic) bond motifs is 1. The Labute approximate surface area is 187 Å². The van der Waals surface area contributed by atoms with Gasteiger partial charge >= 0.3 is 5.97 Å². The van der Waals surface area contributed by atoms with E-state index >= 15 is 0 Å². The third-order valence-corrected chi connectivity index (χ3v) is 10.9. The van der Waals surface area contributed by atoms with E-state index < -0.39 is 29.2 Å². The number of carboxylic acid groups (broad SMARTS) is 1. The van der Waals surface area contributed by atoms with Crippen LogP contribution in [-0.2, 0) is 4.79 Å². The van der Waals surface area contributed by atoms with Gasteiger partial charge in [0.05, 0.1) is 11.1 Å². The highest BCUT2D eigenvalue weighted by atomic mass is 127. The van der Waals surface area contributed by atoms with E-state index in [4.69, 9.17) is 0 Å². The van der Waals surface area contributed by atoms with E-state index in [0.29, 0.717) is 18.3 Å². The van der Waals surface area contributed by atoms with Crippen LogP contribution in [0.15, 0.2) is 0 Å². The predicted octanol–water partition coefficient (Wildman–Crippen LogP) is 4.20. The molecule has 0 saturated carbocycles. The maximum absolute atomic E-state index is 12.9. The summed E-state index contributed by atoms with van der Waals surface area (Å²) in [7, 11) is 0. The number of rotatable bonds is 2. The zero-order chi connectivity index (χ0) is 17.9. The molecule has 2 amide bonds. The van der Waals surface area contributed by atoms with Gasteiger partial charge in [-0.3, -0.25) is 14.5 Å². The molecule has 5 nitrogen and oxygen atoms in total. The highest BCUT2D eigenvalue weighted by Gasteiger charge is 2.50. The van der Waals surface area contributed by atoms with Gasteiger partial charge in [-0.05, 0) is 95.8 Å². The molecule has 0 aromatic heterocycles. The van der Waals surface area contributed by atoms with Crippen LogP contribution in [0.4, 0.5) is 0 Å². The Morgan fingerprint density at radius 1 is 0.913 bits per heavy atom. The van der Waals surface area contributed by atoms with Gasteiger partial charge in [0.2, 0.25) is 0 Å². The maximum Gasteiger partial charge on any atom is 0.327 e. The number of imide groups is 1. The highest BCUT2D eigenvalue weighted by Crippen LogP contribution is 2.40. The molecule has 1 aliphatic heterocycles. The first-order valence-corrected chi connectivity index (χ1v) is 10.7. The second-order valence-corrected chi connectivity index (χ2v) is 10.4. The quantitative estimate of drug-likeness (QED) is 0.212. The summed E-state index contributed by atoms with van der Waals surface area (Å²) in [5.41, 5.74) is -0.128. The molecule has 0 saturated heterocycles.